The van der Waals surface area contributed by atoms with Crippen LogP contribution >= 0.6 is 0 Å². The van der Waals surface area contributed by atoms with Gasteiger partial charge >= 0.3 is 0 Å². The Kier molecular flexibility index (Phi) is 5.30. The molecule has 0 spiro atoms. The van der Waals surface area contributed by atoms with Crippen LogP contribution in [0.3, 0.4) is 0 Å². The molecular formula is C13H24N4O2. The minimum Gasteiger partial charge on any atom is -0.383 e. The monoisotopic (exact) mass is 268 g/mol. The fourth-order valence-corrected chi connectivity index (χ4v) is 2.66. The molecule has 0 unspecified atom stereocenters. The van der Waals surface area contributed by atoms with Gasteiger partial charge in [0.25, 0.3) is 0 Å². The SMILES string of the molecule is CCCn1ncnc1CN1C[C@@H](OC)C[C@H]1COC. The van der Waals surface area contributed by atoms with Crippen LogP contribution in [0.4, 0.5) is 0 Å². The molecule has 1 fully saturated rings. The lowest BCUT2D eigenvalue weighted by Crippen LogP contribution is -2.33. The largest absolute Gasteiger partial charge is 0.383 e. The molecular weight excluding hydrogens is 244 g/mol. The lowest BCUT2D eigenvalue weighted by atomic mass is 10.2. The van der Waals surface area contributed by atoms with Gasteiger partial charge in [0.2, 0.25) is 0 Å². The molecule has 6 nitrogen and oxygen atoms in total. The van der Waals surface area contributed by atoms with Crippen LogP contribution in [0.1, 0.15) is 25.6 Å². The van der Waals surface area contributed by atoms with Crippen molar-refractivity contribution in [2.75, 3.05) is 27.4 Å². The Morgan fingerprint density at radius 2 is 2.26 bits per heavy atom. The molecule has 0 saturated carbocycles. The molecule has 1 aliphatic rings. The van der Waals surface area contributed by atoms with Gasteiger partial charge < -0.3 is 9.47 Å². The van der Waals surface area contributed by atoms with Crippen molar-refractivity contribution in [3.63, 3.8) is 0 Å². The normalized spacial score (nSPS) is 24.2. The van der Waals surface area contributed by atoms with E-state index in [4.69, 9.17) is 9.47 Å². The minimum atomic E-state index is 0.294. The molecule has 1 saturated heterocycles. The molecule has 0 amide bonds. The summed E-state index contributed by atoms with van der Waals surface area (Å²) in [6.45, 7) is 5.56. The average molecular weight is 268 g/mol. The second-order valence-electron chi connectivity index (χ2n) is 5.03. The van der Waals surface area contributed by atoms with E-state index in [1.807, 2.05) is 4.68 Å². The van der Waals surface area contributed by atoms with Crippen LogP contribution in [0.5, 0.6) is 0 Å². The number of ether oxygens (including phenoxy) is 2. The molecule has 0 bridgehead atoms. The van der Waals surface area contributed by atoms with E-state index in [9.17, 15) is 0 Å². The standard InChI is InChI=1S/C13H24N4O2/c1-4-5-17-13(14-10-15-17)8-16-7-12(19-3)6-11(16)9-18-2/h10-12H,4-9H2,1-3H3/t11-,12-/m0/s1. The van der Waals surface area contributed by atoms with Crippen molar-refractivity contribution < 1.29 is 9.47 Å². The first-order chi connectivity index (χ1) is 9.28. The third kappa shape index (κ3) is 3.52. The highest BCUT2D eigenvalue weighted by atomic mass is 16.5. The van der Waals surface area contributed by atoms with E-state index in [1.54, 1.807) is 20.5 Å². The third-order valence-corrected chi connectivity index (χ3v) is 3.66. The van der Waals surface area contributed by atoms with E-state index >= 15 is 0 Å². The zero-order valence-electron chi connectivity index (χ0n) is 12.1. The van der Waals surface area contributed by atoms with Crippen molar-refractivity contribution in [2.24, 2.45) is 0 Å². The van der Waals surface area contributed by atoms with Crippen LogP contribution in [0.2, 0.25) is 0 Å². The predicted octanol–water partition coefficient (Wildman–Crippen LogP) is 0.924. The van der Waals surface area contributed by atoms with E-state index in [1.165, 1.54) is 0 Å². The number of nitrogens with zero attached hydrogens (tertiary/aromatic N) is 4. The van der Waals surface area contributed by atoms with E-state index in [0.717, 1.165) is 44.9 Å². The maximum Gasteiger partial charge on any atom is 0.141 e. The number of likely N-dealkylation sites (tertiary alicyclic amines) is 1. The van der Waals surface area contributed by atoms with Gasteiger partial charge in [-0.2, -0.15) is 5.10 Å². The molecule has 0 radical (unpaired) electrons. The van der Waals surface area contributed by atoms with Crippen molar-refractivity contribution in [3.05, 3.63) is 12.2 Å². The molecule has 2 rings (SSSR count). The molecule has 0 aromatic carbocycles. The first kappa shape index (κ1) is 14.4. The summed E-state index contributed by atoms with van der Waals surface area (Å²) in [6, 6.07) is 0.404. The molecule has 2 atom stereocenters. The van der Waals surface area contributed by atoms with Crippen molar-refractivity contribution in [2.45, 2.75) is 45.0 Å². The van der Waals surface area contributed by atoms with E-state index in [2.05, 4.69) is 21.9 Å². The second-order valence-corrected chi connectivity index (χ2v) is 5.03. The smallest absolute Gasteiger partial charge is 0.141 e. The first-order valence-electron chi connectivity index (χ1n) is 6.91. The summed E-state index contributed by atoms with van der Waals surface area (Å²) in [4.78, 5) is 6.76. The van der Waals surface area contributed by atoms with E-state index < -0.39 is 0 Å². The van der Waals surface area contributed by atoms with Crippen LogP contribution in [-0.2, 0) is 22.6 Å². The van der Waals surface area contributed by atoms with Crippen LogP contribution in [0, 0.1) is 0 Å². The average Bonchev–Trinajstić information content (AvgIpc) is 2.99. The van der Waals surface area contributed by atoms with Crippen molar-refractivity contribution >= 4 is 0 Å². The van der Waals surface area contributed by atoms with Gasteiger partial charge in [-0.05, 0) is 12.8 Å². The summed E-state index contributed by atoms with van der Waals surface area (Å²) in [7, 11) is 3.52. The zero-order valence-corrected chi connectivity index (χ0v) is 12.1. The molecule has 0 N–H and O–H groups in total. The topological polar surface area (TPSA) is 52.4 Å². The van der Waals surface area contributed by atoms with Crippen LogP contribution in [-0.4, -0.2) is 59.2 Å². The molecule has 1 aromatic heterocycles. The molecule has 1 aromatic rings. The Hall–Kier alpha value is -0.980. The summed E-state index contributed by atoms with van der Waals surface area (Å²) in [5.41, 5.74) is 0. The van der Waals surface area contributed by atoms with E-state index in [-0.39, 0.29) is 0 Å². The predicted molar refractivity (Wildman–Crippen MR) is 71.8 cm³/mol. The van der Waals surface area contributed by atoms with Gasteiger partial charge in [0, 0.05) is 33.4 Å². The summed E-state index contributed by atoms with van der Waals surface area (Å²) in [6.07, 6.45) is 4.02. The van der Waals surface area contributed by atoms with Crippen molar-refractivity contribution in [1.82, 2.24) is 19.7 Å². The Bertz CT molecular complexity index is 382. The van der Waals surface area contributed by atoms with Crippen molar-refractivity contribution in [3.8, 4) is 0 Å². The molecule has 0 aliphatic carbocycles. The Labute approximate surface area is 114 Å². The molecule has 2 heterocycles. The summed E-state index contributed by atoms with van der Waals surface area (Å²) < 4.78 is 12.8. The Balaban J connectivity index is 2.01. The quantitative estimate of drug-likeness (QED) is 0.736. The van der Waals surface area contributed by atoms with Gasteiger partial charge in [0.15, 0.2) is 0 Å². The fraction of sp³-hybridized carbons (Fsp3) is 0.846. The maximum atomic E-state index is 5.47. The van der Waals surface area contributed by atoms with Crippen molar-refractivity contribution in [1.29, 1.82) is 0 Å². The lowest BCUT2D eigenvalue weighted by molar-refractivity contribution is 0.104. The Morgan fingerprint density at radius 1 is 1.42 bits per heavy atom. The highest BCUT2D eigenvalue weighted by Crippen LogP contribution is 2.22. The highest BCUT2D eigenvalue weighted by Gasteiger charge is 2.32. The van der Waals surface area contributed by atoms with Gasteiger partial charge in [-0.15, -0.1) is 0 Å². The molecule has 6 heteroatoms. The maximum absolute atomic E-state index is 5.47. The summed E-state index contributed by atoms with van der Waals surface area (Å²) in [5.74, 6) is 1.03. The zero-order chi connectivity index (χ0) is 13.7. The fourth-order valence-electron chi connectivity index (χ4n) is 2.66. The van der Waals surface area contributed by atoms with Gasteiger partial charge in [0.1, 0.15) is 12.2 Å². The van der Waals surface area contributed by atoms with Gasteiger partial charge in [-0.3, -0.25) is 4.90 Å². The first-order valence-corrected chi connectivity index (χ1v) is 6.91. The molecule has 1 aliphatic heterocycles. The number of aromatic nitrogens is 3. The third-order valence-electron chi connectivity index (χ3n) is 3.66. The summed E-state index contributed by atoms with van der Waals surface area (Å²) in [5, 5.41) is 4.27. The van der Waals surface area contributed by atoms with Gasteiger partial charge in [0.05, 0.1) is 19.3 Å². The van der Waals surface area contributed by atoms with E-state index in [0.29, 0.717) is 12.1 Å². The number of methoxy groups -OCH3 is 2. The minimum absolute atomic E-state index is 0.294. The second kappa shape index (κ2) is 6.98. The van der Waals surface area contributed by atoms with Crippen LogP contribution in [0.25, 0.3) is 0 Å². The number of hydrogen-bond donors (Lipinski definition) is 0. The highest BCUT2D eigenvalue weighted by molar-refractivity contribution is 4.92. The number of aryl methyl sites for hydroxylation is 1. The van der Waals surface area contributed by atoms with Gasteiger partial charge in [-0.1, -0.05) is 6.92 Å². The molecule has 108 valence electrons. The van der Waals surface area contributed by atoms with Gasteiger partial charge in [-0.25, -0.2) is 9.67 Å². The Morgan fingerprint density at radius 3 is 2.95 bits per heavy atom. The molecule has 19 heavy (non-hydrogen) atoms. The number of rotatable bonds is 7. The van der Waals surface area contributed by atoms with Crippen LogP contribution in [0.15, 0.2) is 6.33 Å². The lowest BCUT2D eigenvalue weighted by Gasteiger charge is -2.22. The van der Waals surface area contributed by atoms with Crippen LogP contribution < -0.4 is 0 Å². The summed E-state index contributed by atoms with van der Waals surface area (Å²) >= 11 is 0. The number of hydrogen-bond acceptors (Lipinski definition) is 5.